The molecule has 2 fully saturated rings. The van der Waals surface area contributed by atoms with Gasteiger partial charge in [-0.25, -0.2) is 21.9 Å². The van der Waals surface area contributed by atoms with Crippen LogP contribution in [0.3, 0.4) is 0 Å². The number of likely N-dealkylation sites (tertiary alicyclic amines) is 1. The summed E-state index contributed by atoms with van der Waals surface area (Å²) in [5.74, 6) is -2.13. The molecule has 9 nitrogen and oxygen atoms in total. The van der Waals surface area contributed by atoms with Crippen LogP contribution in [0.25, 0.3) is 0 Å². The molecule has 2 aliphatic heterocycles. The normalized spacial score (nSPS) is 20.7. The average molecular weight is 548 g/mol. The van der Waals surface area contributed by atoms with Gasteiger partial charge >= 0.3 is 6.09 Å². The van der Waals surface area contributed by atoms with Crippen LogP contribution in [0, 0.1) is 11.7 Å². The van der Waals surface area contributed by atoms with Gasteiger partial charge in [0.1, 0.15) is 11.4 Å². The molecule has 0 spiro atoms. The molecule has 0 bridgehead atoms. The first-order valence-electron chi connectivity index (χ1n) is 12.1. The lowest BCUT2D eigenvalue weighted by Gasteiger charge is -2.38. The predicted octanol–water partition coefficient (Wildman–Crippen LogP) is 2.85. The first-order chi connectivity index (χ1) is 16.7. The van der Waals surface area contributed by atoms with Gasteiger partial charge < -0.3 is 20.5 Å². The molecule has 2 atom stereocenters. The van der Waals surface area contributed by atoms with Crippen molar-refractivity contribution in [3.8, 4) is 0 Å². The van der Waals surface area contributed by atoms with Crippen LogP contribution >= 0.6 is 11.6 Å². The SMILES string of the molecule is CC(C)(C)OC(=O)N1CCC(C(O)C(C(N)=O)S(=O)(=O)N2CCC(c3ccc(F)cc3Cl)CC2)CC1. The van der Waals surface area contributed by atoms with E-state index in [4.69, 9.17) is 22.1 Å². The molecular weight excluding hydrogens is 513 g/mol. The van der Waals surface area contributed by atoms with Gasteiger partial charge in [-0.05, 0) is 76.0 Å². The minimum Gasteiger partial charge on any atom is -0.444 e. The summed E-state index contributed by atoms with van der Waals surface area (Å²) in [5, 5.41) is 9.48. The number of halogens is 2. The summed E-state index contributed by atoms with van der Waals surface area (Å²) in [6.07, 6.45) is -0.493. The summed E-state index contributed by atoms with van der Waals surface area (Å²) in [6.45, 7) is 6.07. The minimum absolute atomic E-state index is 0.0568. The molecule has 3 N–H and O–H groups in total. The number of amides is 2. The first-order valence-corrected chi connectivity index (χ1v) is 14.0. The average Bonchev–Trinajstić information content (AvgIpc) is 2.78. The molecule has 2 amide bonds. The summed E-state index contributed by atoms with van der Waals surface area (Å²) >= 11 is 6.17. The van der Waals surface area contributed by atoms with Crippen molar-refractivity contribution in [2.24, 2.45) is 11.7 Å². The Morgan fingerprint density at radius 2 is 1.72 bits per heavy atom. The van der Waals surface area contributed by atoms with Crippen molar-refractivity contribution in [2.75, 3.05) is 26.2 Å². The van der Waals surface area contributed by atoms with E-state index in [1.54, 1.807) is 26.8 Å². The fraction of sp³-hybridized carbons (Fsp3) is 0.667. The number of sulfonamides is 1. The number of hydrogen-bond acceptors (Lipinski definition) is 6. The van der Waals surface area contributed by atoms with Crippen LogP contribution < -0.4 is 5.73 Å². The van der Waals surface area contributed by atoms with E-state index < -0.39 is 50.7 Å². The second-order valence-electron chi connectivity index (χ2n) is 10.5. The number of nitrogens with two attached hydrogens (primary N) is 1. The molecule has 202 valence electrons. The van der Waals surface area contributed by atoms with E-state index in [0.717, 1.165) is 5.56 Å². The molecule has 2 unspecified atom stereocenters. The fourth-order valence-corrected chi connectivity index (χ4v) is 7.13. The number of piperidine rings is 2. The van der Waals surface area contributed by atoms with Crippen molar-refractivity contribution < 1.29 is 32.2 Å². The number of carbonyl (C=O) groups is 2. The number of ether oxygens (including phenoxy) is 1. The van der Waals surface area contributed by atoms with Crippen molar-refractivity contribution in [3.05, 3.63) is 34.6 Å². The third-order valence-electron chi connectivity index (χ3n) is 6.80. The highest BCUT2D eigenvalue weighted by molar-refractivity contribution is 7.90. The Balaban J connectivity index is 1.64. The number of hydrogen-bond donors (Lipinski definition) is 2. The Morgan fingerprint density at radius 1 is 1.14 bits per heavy atom. The lowest BCUT2D eigenvalue weighted by atomic mass is 9.89. The molecule has 2 saturated heterocycles. The van der Waals surface area contributed by atoms with Crippen molar-refractivity contribution in [1.82, 2.24) is 9.21 Å². The molecule has 1 aromatic carbocycles. The van der Waals surface area contributed by atoms with E-state index in [0.29, 0.717) is 30.7 Å². The van der Waals surface area contributed by atoms with Gasteiger partial charge in [0.05, 0.1) is 6.10 Å². The van der Waals surface area contributed by atoms with Crippen molar-refractivity contribution in [2.45, 2.75) is 69.3 Å². The summed E-state index contributed by atoms with van der Waals surface area (Å²) in [6, 6.07) is 4.15. The van der Waals surface area contributed by atoms with E-state index in [1.165, 1.54) is 21.3 Å². The third-order valence-corrected chi connectivity index (χ3v) is 9.37. The number of nitrogens with zero attached hydrogens (tertiary/aromatic N) is 2. The van der Waals surface area contributed by atoms with E-state index in [-0.39, 0.29) is 32.1 Å². The van der Waals surface area contributed by atoms with Crippen molar-refractivity contribution in [1.29, 1.82) is 0 Å². The van der Waals surface area contributed by atoms with Crippen molar-refractivity contribution in [3.63, 3.8) is 0 Å². The topological polar surface area (TPSA) is 130 Å². The summed E-state index contributed by atoms with van der Waals surface area (Å²) < 4.78 is 46.7. The Labute approximate surface area is 216 Å². The maximum absolute atomic E-state index is 13.4. The maximum atomic E-state index is 13.4. The molecule has 2 aliphatic rings. The second-order valence-corrected chi connectivity index (χ2v) is 13.0. The van der Waals surface area contributed by atoms with Crippen LogP contribution in [0.15, 0.2) is 18.2 Å². The van der Waals surface area contributed by atoms with Gasteiger partial charge in [-0.15, -0.1) is 0 Å². The van der Waals surface area contributed by atoms with E-state index >= 15 is 0 Å². The lowest BCUT2D eigenvalue weighted by Crippen LogP contribution is -2.56. The van der Waals surface area contributed by atoms with Gasteiger partial charge in [0.25, 0.3) is 0 Å². The third kappa shape index (κ3) is 6.67. The van der Waals surface area contributed by atoms with Crippen molar-refractivity contribution >= 4 is 33.6 Å². The van der Waals surface area contributed by atoms with Crippen LogP contribution in [-0.4, -0.2) is 77.9 Å². The van der Waals surface area contributed by atoms with E-state index in [9.17, 15) is 27.5 Å². The second kappa shape index (κ2) is 11.2. The maximum Gasteiger partial charge on any atom is 0.410 e. The standard InChI is InChI=1S/C24H35ClFN3O6S/c1-24(2,3)35-23(32)28-10-6-16(7-11-28)20(30)21(22(27)31)36(33,34)29-12-8-15(9-13-29)18-5-4-17(26)14-19(18)25/h4-5,14-16,20-21,30H,6-13H2,1-3H3,(H2,27,31). The number of aliphatic hydroxyl groups excluding tert-OH is 1. The number of benzene rings is 1. The zero-order valence-electron chi connectivity index (χ0n) is 20.8. The molecule has 2 heterocycles. The highest BCUT2D eigenvalue weighted by Crippen LogP contribution is 2.35. The number of rotatable bonds is 6. The number of primary amides is 1. The summed E-state index contributed by atoms with van der Waals surface area (Å²) in [5.41, 5.74) is 5.60. The van der Waals surface area contributed by atoms with E-state index in [2.05, 4.69) is 0 Å². The molecule has 3 rings (SSSR count). The molecule has 0 radical (unpaired) electrons. The molecule has 12 heteroatoms. The number of aliphatic hydroxyl groups is 1. The van der Waals surface area contributed by atoms with E-state index in [1.807, 2.05) is 0 Å². The zero-order valence-corrected chi connectivity index (χ0v) is 22.4. The minimum atomic E-state index is -4.24. The molecule has 0 aliphatic carbocycles. The quantitative estimate of drug-likeness (QED) is 0.563. The Bertz CT molecular complexity index is 1060. The van der Waals surface area contributed by atoms with Gasteiger partial charge in [0, 0.05) is 31.2 Å². The van der Waals surface area contributed by atoms with Gasteiger partial charge in [0.15, 0.2) is 5.25 Å². The van der Waals surface area contributed by atoms with Gasteiger partial charge in [-0.2, -0.15) is 0 Å². The molecule has 0 saturated carbocycles. The fourth-order valence-electron chi connectivity index (χ4n) is 4.90. The lowest BCUT2D eigenvalue weighted by molar-refractivity contribution is -0.120. The molecular formula is C24H35ClFN3O6S. The Kier molecular flexibility index (Phi) is 8.91. The Hall–Kier alpha value is -1.95. The Morgan fingerprint density at radius 3 is 2.22 bits per heavy atom. The van der Waals surface area contributed by atoms with Gasteiger partial charge in [0.2, 0.25) is 15.9 Å². The summed E-state index contributed by atoms with van der Waals surface area (Å²) in [4.78, 5) is 26.1. The monoisotopic (exact) mass is 547 g/mol. The van der Waals surface area contributed by atoms with Crippen LogP contribution in [-0.2, 0) is 19.6 Å². The highest BCUT2D eigenvalue weighted by atomic mass is 35.5. The van der Waals surface area contributed by atoms with Gasteiger partial charge in [-0.3, -0.25) is 4.79 Å². The van der Waals surface area contributed by atoms with Crippen LogP contribution in [0.4, 0.5) is 9.18 Å². The van der Waals surface area contributed by atoms with Crippen LogP contribution in [0.5, 0.6) is 0 Å². The largest absolute Gasteiger partial charge is 0.444 e. The highest BCUT2D eigenvalue weighted by Gasteiger charge is 2.46. The molecule has 1 aromatic rings. The summed E-state index contributed by atoms with van der Waals surface area (Å²) in [7, 11) is -4.24. The molecule has 36 heavy (non-hydrogen) atoms. The first kappa shape index (κ1) is 28.6. The predicted molar refractivity (Wildman–Crippen MR) is 133 cm³/mol. The smallest absolute Gasteiger partial charge is 0.410 e. The van der Waals surface area contributed by atoms with Crippen LogP contribution in [0.1, 0.15) is 57.9 Å². The zero-order chi connectivity index (χ0) is 26.8. The number of carbonyl (C=O) groups excluding carboxylic acids is 2. The van der Waals surface area contributed by atoms with Crippen LogP contribution in [0.2, 0.25) is 5.02 Å². The molecule has 0 aromatic heterocycles. The van der Waals surface area contributed by atoms with Gasteiger partial charge in [-0.1, -0.05) is 17.7 Å².